The first-order chi connectivity index (χ1) is 15.1. The Morgan fingerprint density at radius 2 is 2.16 bits per heavy atom. The maximum Gasteiger partial charge on any atom is 0.282 e. The van der Waals surface area contributed by atoms with E-state index in [1.54, 1.807) is 22.8 Å². The largest absolute Gasteiger partial charge is 0.348 e. The summed E-state index contributed by atoms with van der Waals surface area (Å²) in [5.74, 6) is 1.74. The molecule has 0 bridgehead atoms. The van der Waals surface area contributed by atoms with Crippen LogP contribution in [0.3, 0.4) is 0 Å². The number of nitrogens with zero attached hydrogens (tertiary/aromatic N) is 4. The number of imidazole rings is 1. The first-order valence-corrected chi connectivity index (χ1v) is 12.3. The van der Waals surface area contributed by atoms with Gasteiger partial charge in [0.1, 0.15) is 0 Å². The van der Waals surface area contributed by atoms with Crippen molar-refractivity contribution < 1.29 is 0 Å². The van der Waals surface area contributed by atoms with Crippen LogP contribution >= 0.6 is 23.1 Å². The lowest BCUT2D eigenvalue weighted by atomic mass is 10.1. The number of benzene rings is 1. The van der Waals surface area contributed by atoms with Crippen molar-refractivity contribution in [1.29, 1.82) is 0 Å². The summed E-state index contributed by atoms with van der Waals surface area (Å²) in [6, 6.07) is 7.93. The highest BCUT2D eigenvalue weighted by atomic mass is 32.2. The van der Waals surface area contributed by atoms with Crippen LogP contribution in [0.1, 0.15) is 42.9 Å². The van der Waals surface area contributed by atoms with Gasteiger partial charge in [-0.3, -0.25) is 14.9 Å². The monoisotopic (exact) mass is 454 g/mol. The van der Waals surface area contributed by atoms with Crippen LogP contribution < -0.4 is 5.56 Å². The van der Waals surface area contributed by atoms with E-state index in [0.29, 0.717) is 17.2 Å². The van der Waals surface area contributed by atoms with Gasteiger partial charge in [0.05, 0.1) is 27.8 Å². The van der Waals surface area contributed by atoms with E-state index in [4.69, 9.17) is 4.99 Å². The number of nitrogens with one attached hydrogen (secondary N) is 2. The highest BCUT2D eigenvalue weighted by Gasteiger charge is 2.19. The molecule has 0 aliphatic heterocycles. The van der Waals surface area contributed by atoms with Crippen molar-refractivity contribution in [1.82, 2.24) is 24.7 Å². The summed E-state index contributed by atoms with van der Waals surface area (Å²) in [6.07, 6.45) is 3.46. The number of hydrogen-bond acceptors (Lipinski definition) is 6. The van der Waals surface area contributed by atoms with E-state index >= 15 is 0 Å². The van der Waals surface area contributed by atoms with Gasteiger partial charge in [-0.2, -0.15) is 16.4 Å². The van der Waals surface area contributed by atoms with Crippen molar-refractivity contribution in [3.8, 4) is 5.13 Å². The quantitative estimate of drug-likeness (QED) is 0.288. The van der Waals surface area contributed by atoms with Crippen LogP contribution in [0.4, 0.5) is 0 Å². The number of hydrogen-bond donors (Lipinski definition) is 2. The minimum atomic E-state index is -0.0800. The summed E-state index contributed by atoms with van der Waals surface area (Å²) in [4.78, 5) is 30.0. The molecule has 31 heavy (non-hydrogen) atoms. The van der Waals surface area contributed by atoms with Crippen molar-refractivity contribution in [3.05, 3.63) is 63.6 Å². The highest BCUT2D eigenvalue weighted by molar-refractivity contribution is 7.98. The van der Waals surface area contributed by atoms with E-state index in [1.165, 1.54) is 11.3 Å². The molecule has 2 N–H and O–H groups in total. The zero-order valence-corrected chi connectivity index (χ0v) is 19.6. The number of aliphatic imine (C=N–C) groups is 1. The predicted molar refractivity (Wildman–Crippen MR) is 130 cm³/mol. The van der Waals surface area contributed by atoms with Gasteiger partial charge < -0.3 is 4.98 Å². The van der Waals surface area contributed by atoms with Gasteiger partial charge in [0.2, 0.25) is 5.13 Å². The molecular formula is C22H26N6OS2. The minimum Gasteiger partial charge on any atom is -0.348 e. The maximum atomic E-state index is 13.3. The van der Waals surface area contributed by atoms with Crippen molar-refractivity contribution in [2.75, 3.05) is 12.3 Å². The Balaban J connectivity index is 1.52. The number of aryl methyl sites for hydroxylation is 2. The molecule has 0 aliphatic rings. The molecule has 0 atom stereocenters. The lowest BCUT2D eigenvalue weighted by Crippen LogP contribution is -2.20. The molecule has 3 aromatic heterocycles. The molecule has 0 fully saturated rings. The normalized spacial score (nSPS) is 12.2. The van der Waals surface area contributed by atoms with Crippen LogP contribution in [0.25, 0.3) is 15.3 Å². The van der Waals surface area contributed by atoms with E-state index in [0.717, 1.165) is 57.4 Å². The molecule has 162 valence electrons. The Hall–Kier alpha value is -2.65. The van der Waals surface area contributed by atoms with Crippen molar-refractivity contribution in [3.63, 3.8) is 0 Å². The molecule has 3 heterocycles. The van der Waals surface area contributed by atoms with E-state index in [-0.39, 0.29) is 5.56 Å². The lowest BCUT2D eigenvalue weighted by Gasteiger charge is -2.02. The van der Waals surface area contributed by atoms with E-state index in [1.807, 2.05) is 38.1 Å². The summed E-state index contributed by atoms with van der Waals surface area (Å²) < 4.78 is 2.63. The Labute approximate surface area is 189 Å². The van der Waals surface area contributed by atoms with Crippen LogP contribution in [-0.4, -0.2) is 42.7 Å². The van der Waals surface area contributed by atoms with Crippen molar-refractivity contribution in [2.24, 2.45) is 4.99 Å². The van der Waals surface area contributed by atoms with E-state index in [2.05, 4.69) is 27.0 Å². The average Bonchev–Trinajstić information content (AvgIpc) is 3.45. The molecule has 4 rings (SSSR count). The average molecular weight is 455 g/mol. The first-order valence-electron chi connectivity index (χ1n) is 10.4. The SMILES string of the molecule is CCCc1[nH]n(-c2nc3ccccc3s2)c(=O)c1C(C)=NCCSCc1nc[nH]c1C. The van der Waals surface area contributed by atoms with Gasteiger partial charge in [-0.05, 0) is 32.4 Å². The van der Waals surface area contributed by atoms with Crippen LogP contribution in [0.15, 0.2) is 40.4 Å². The fraction of sp³-hybridized carbons (Fsp3) is 0.364. The standard InChI is InChI=1S/C22H26N6OS2/c1-4-7-17-20(15(3)23-10-11-30-12-18-14(2)24-13-25-18)21(29)28(27-17)22-26-16-8-5-6-9-19(16)31-22/h5-6,8-9,13,27H,4,7,10-12H2,1-3H3,(H,24,25). The molecule has 4 aromatic rings. The number of rotatable bonds is 9. The zero-order valence-electron chi connectivity index (χ0n) is 17.9. The number of H-pyrrole nitrogens is 2. The van der Waals surface area contributed by atoms with Crippen molar-refractivity contribution in [2.45, 2.75) is 39.4 Å². The second-order valence-electron chi connectivity index (χ2n) is 7.31. The topological polar surface area (TPSA) is 91.7 Å². The van der Waals surface area contributed by atoms with Crippen molar-refractivity contribution >= 4 is 39.0 Å². The van der Waals surface area contributed by atoms with Gasteiger partial charge in [0.25, 0.3) is 5.56 Å². The number of aromatic nitrogens is 5. The molecular weight excluding hydrogens is 428 g/mol. The number of para-hydroxylation sites is 1. The van der Waals surface area contributed by atoms with E-state index < -0.39 is 0 Å². The molecule has 0 amide bonds. The molecule has 9 heteroatoms. The first kappa shape index (κ1) is 21.6. The van der Waals surface area contributed by atoms with Crippen LogP contribution in [0.2, 0.25) is 0 Å². The Bertz CT molecular complexity index is 1230. The molecule has 0 saturated carbocycles. The van der Waals surface area contributed by atoms with Gasteiger partial charge in [-0.1, -0.05) is 36.8 Å². The van der Waals surface area contributed by atoms with Gasteiger partial charge in [-0.15, -0.1) is 0 Å². The number of aromatic amines is 2. The summed E-state index contributed by atoms with van der Waals surface area (Å²) in [5, 5.41) is 3.95. The second-order valence-corrected chi connectivity index (χ2v) is 9.43. The summed E-state index contributed by atoms with van der Waals surface area (Å²) in [5.41, 5.74) is 5.39. The molecule has 0 radical (unpaired) electrons. The smallest absolute Gasteiger partial charge is 0.282 e. The molecule has 0 spiro atoms. The highest BCUT2D eigenvalue weighted by Crippen LogP contribution is 2.24. The predicted octanol–water partition coefficient (Wildman–Crippen LogP) is 4.50. The zero-order chi connectivity index (χ0) is 21.8. The van der Waals surface area contributed by atoms with Gasteiger partial charge >= 0.3 is 0 Å². The number of fused-ring (bicyclic) bond motifs is 1. The van der Waals surface area contributed by atoms with Gasteiger partial charge in [0, 0.05) is 35.2 Å². The number of thiazole rings is 1. The van der Waals surface area contributed by atoms with E-state index in [9.17, 15) is 4.79 Å². The Morgan fingerprint density at radius 1 is 1.32 bits per heavy atom. The second kappa shape index (κ2) is 9.65. The molecule has 0 unspecified atom stereocenters. The molecule has 0 aliphatic carbocycles. The number of thioether (sulfide) groups is 1. The Morgan fingerprint density at radius 3 is 2.90 bits per heavy atom. The molecule has 0 saturated heterocycles. The summed E-state index contributed by atoms with van der Waals surface area (Å²) in [7, 11) is 0. The summed E-state index contributed by atoms with van der Waals surface area (Å²) in [6.45, 7) is 6.73. The van der Waals surface area contributed by atoms with Gasteiger partial charge in [-0.25, -0.2) is 9.97 Å². The third-order valence-corrected chi connectivity index (χ3v) is 7.03. The fourth-order valence-corrected chi connectivity index (χ4v) is 5.21. The fourth-order valence-electron chi connectivity index (χ4n) is 3.44. The molecule has 1 aromatic carbocycles. The maximum absolute atomic E-state index is 13.3. The van der Waals surface area contributed by atoms with Gasteiger partial charge in [0.15, 0.2) is 0 Å². The minimum absolute atomic E-state index is 0.0800. The third-order valence-electron chi connectivity index (χ3n) is 5.06. The summed E-state index contributed by atoms with van der Waals surface area (Å²) >= 11 is 3.31. The lowest BCUT2D eigenvalue weighted by molar-refractivity contribution is 0.790. The molecule has 7 nitrogen and oxygen atoms in total. The van der Waals surface area contributed by atoms with Crippen LogP contribution in [0, 0.1) is 6.92 Å². The van der Waals surface area contributed by atoms with Crippen LogP contribution in [0.5, 0.6) is 0 Å². The Kier molecular flexibility index (Phi) is 6.72. The third kappa shape index (κ3) is 4.67. The van der Waals surface area contributed by atoms with Crippen LogP contribution in [-0.2, 0) is 12.2 Å².